The van der Waals surface area contributed by atoms with Crippen molar-refractivity contribution in [3.63, 3.8) is 0 Å². The average molecular weight is 380 g/mol. The number of carbonyl (C=O) groups is 1. The second kappa shape index (κ2) is 8.28. The summed E-state index contributed by atoms with van der Waals surface area (Å²) in [6, 6.07) is 13.3. The molecule has 0 atom stereocenters. The van der Waals surface area contributed by atoms with Crippen LogP contribution in [-0.2, 0) is 4.79 Å². The summed E-state index contributed by atoms with van der Waals surface area (Å²) in [4.78, 5) is 14.9. The summed E-state index contributed by atoms with van der Waals surface area (Å²) in [7, 11) is 0. The predicted octanol–water partition coefficient (Wildman–Crippen LogP) is 5.10. The third-order valence-electron chi connectivity index (χ3n) is 4.78. The van der Waals surface area contributed by atoms with Gasteiger partial charge in [-0.1, -0.05) is 17.7 Å². The molecule has 1 saturated heterocycles. The minimum atomic E-state index is -0.427. The molecule has 0 aromatic heterocycles. The van der Waals surface area contributed by atoms with Crippen molar-refractivity contribution >= 4 is 35.0 Å². The number of hydrogen-bond acceptors (Lipinski definition) is 3. The second-order valence-electron chi connectivity index (χ2n) is 6.82. The Morgan fingerprint density at radius 2 is 1.89 bits per heavy atom. The lowest BCUT2D eigenvalue weighted by atomic mass is 10.1. The third kappa shape index (κ3) is 4.50. The maximum Gasteiger partial charge on any atom is 0.266 e. The number of carbonyl (C=O) groups excluding carboxylic acids is 1. The number of anilines is 2. The first-order chi connectivity index (χ1) is 13.0. The Bertz CT molecular complexity index is 937. The van der Waals surface area contributed by atoms with Crippen LogP contribution in [0, 0.1) is 25.2 Å². The summed E-state index contributed by atoms with van der Waals surface area (Å²) >= 11 is 5.95. The van der Waals surface area contributed by atoms with Crippen molar-refractivity contribution in [2.45, 2.75) is 26.7 Å². The molecule has 138 valence electrons. The third-order valence-corrected chi connectivity index (χ3v) is 5.02. The lowest BCUT2D eigenvalue weighted by Crippen LogP contribution is -2.18. The van der Waals surface area contributed by atoms with Crippen LogP contribution in [0.25, 0.3) is 6.08 Å². The van der Waals surface area contributed by atoms with Crippen molar-refractivity contribution in [3.05, 3.63) is 63.7 Å². The van der Waals surface area contributed by atoms with E-state index < -0.39 is 5.91 Å². The topological polar surface area (TPSA) is 56.1 Å². The number of benzene rings is 2. The zero-order valence-corrected chi connectivity index (χ0v) is 16.3. The summed E-state index contributed by atoms with van der Waals surface area (Å²) in [5, 5.41) is 12.8. The van der Waals surface area contributed by atoms with Crippen molar-refractivity contribution in [1.82, 2.24) is 0 Å². The summed E-state index contributed by atoms with van der Waals surface area (Å²) in [5.74, 6) is -0.427. The molecule has 0 radical (unpaired) electrons. The normalized spacial score (nSPS) is 14.1. The molecule has 0 spiro atoms. The van der Waals surface area contributed by atoms with Crippen LogP contribution in [0.2, 0.25) is 5.02 Å². The fourth-order valence-electron chi connectivity index (χ4n) is 3.35. The van der Waals surface area contributed by atoms with Gasteiger partial charge >= 0.3 is 0 Å². The Hall–Kier alpha value is -2.77. The van der Waals surface area contributed by atoms with Gasteiger partial charge in [-0.25, -0.2) is 0 Å². The van der Waals surface area contributed by atoms with Crippen LogP contribution in [0.5, 0.6) is 0 Å². The lowest BCUT2D eigenvalue weighted by Gasteiger charge is -2.20. The first kappa shape index (κ1) is 19.0. The second-order valence-corrected chi connectivity index (χ2v) is 7.26. The zero-order chi connectivity index (χ0) is 19.4. The maximum atomic E-state index is 12.5. The molecule has 3 rings (SSSR count). The van der Waals surface area contributed by atoms with E-state index in [1.807, 2.05) is 25.1 Å². The molecule has 0 unspecified atom stereocenters. The average Bonchev–Trinajstić information content (AvgIpc) is 3.16. The van der Waals surface area contributed by atoms with Gasteiger partial charge in [0.25, 0.3) is 5.91 Å². The fourth-order valence-corrected chi connectivity index (χ4v) is 3.58. The van der Waals surface area contributed by atoms with Gasteiger partial charge in [-0.15, -0.1) is 0 Å². The summed E-state index contributed by atoms with van der Waals surface area (Å²) in [5.41, 5.74) is 4.78. The first-order valence-corrected chi connectivity index (χ1v) is 9.40. The van der Waals surface area contributed by atoms with E-state index in [1.54, 1.807) is 24.3 Å². The van der Waals surface area contributed by atoms with E-state index in [0.717, 1.165) is 29.8 Å². The smallest absolute Gasteiger partial charge is 0.266 e. The monoisotopic (exact) mass is 379 g/mol. The molecule has 0 bridgehead atoms. The maximum absolute atomic E-state index is 12.5. The van der Waals surface area contributed by atoms with Crippen LogP contribution in [0.15, 0.2) is 42.0 Å². The summed E-state index contributed by atoms with van der Waals surface area (Å²) in [6.07, 6.45) is 4.08. The number of rotatable bonds is 4. The van der Waals surface area contributed by atoms with Crippen LogP contribution in [-0.4, -0.2) is 19.0 Å². The number of halogens is 1. The lowest BCUT2D eigenvalue weighted by molar-refractivity contribution is -0.112. The minimum Gasteiger partial charge on any atom is -0.371 e. The van der Waals surface area contributed by atoms with Crippen molar-refractivity contribution in [2.24, 2.45) is 0 Å². The Morgan fingerprint density at radius 1 is 1.15 bits per heavy atom. The van der Waals surface area contributed by atoms with Crippen molar-refractivity contribution in [2.75, 3.05) is 23.3 Å². The minimum absolute atomic E-state index is 0.0673. The molecule has 2 aromatic carbocycles. The number of nitrogens with zero attached hydrogens (tertiary/aromatic N) is 2. The molecule has 0 aliphatic carbocycles. The van der Waals surface area contributed by atoms with Crippen LogP contribution in [0.1, 0.15) is 29.5 Å². The van der Waals surface area contributed by atoms with Crippen LogP contribution in [0.3, 0.4) is 0 Å². The molecule has 27 heavy (non-hydrogen) atoms. The quantitative estimate of drug-likeness (QED) is 0.593. The molecule has 1 aliphatic rings. The Balaban J connectivity index is 1.80. The molecule has 1 heterocycles. The highest BCUT2D eigenvalue weighted by Gasteiger charge is 2.15. The zero-order valence-electron chi connectivity index (χ0n) is 15.6. The molecular formula is C22H22ClN3O. The standard InChI is InChI=1S/C22H22ClN3O/c1-15-12-19(23)6-7-20(15)25-22(27)18(14-24)13-17-5-8-21(16(2)11-17)26-9-3-4-10-26/h5-8,11-13H,3-4,9-10H2,1-2H3,(H,25,27). The molecule has 1 N–H and O–H groups in total. The van der Waals surface area contributed by atoms with E-state index in [9.17, 15) is 10.1 Å². The van der Waals surface area contributed by atoms with E-state index >= 15 is 0 Å². The van der Waals surface area contributed by atoms with Gasteiger partial charge in [0.05, 0.1) is 0 Å². The van der Waals surface area contributed by atoms with Gasteiger partial charge in [-0.3, -0.25) is 4.79 Å². The summed E-state index contributed by atoms with van der Waals surface area (Å²) < 4.78 is 0. The van der Waals surface area contributed by atoms with Gasteiger partial charge in [-0.05, 0) is 79.8 Å². The number of hydrogen-bond donors (Lipinski definition) is 1. The van der Waals surface area contributed by atoms with Crippen molar-refractivity contribution < 1.29 is 4.79 Å². The van der Waals surface area contributed by atoms with E-state index in [0.29, 0.717) is 10.7 Å². The predicted molar refractivity (Wildman–Crippen MR) is 111 cm³/mol. The molecule has 2 aromatic rings. The molecule has 5 heteroatoms. The number of nitrogens with one attached hydrogen (secondary N) is 1. The van der Waals surface area contributed by atoms with Crippen molar-refractivity contribution in [1.29, 1.82) is 5.26 Å². The van der Waals surface area contributed by atoms with Gasteiger partial charge in [0.15, 0.2) is 0 Å². The van der Waals surface area contributed by atoms with Crippen LogP contribution in [0.4, 0.5) is 11.4 Å². The van der Waals surface area contributed by atoms with Gasteiger partial charge in [0.1, 0.15) is 11.6 Å². The van der Waals surface area contributed by atoms with E-state index in [1.165, 1.54) is 18.5 Å². The van der Waals surface area contributed by atoms with Crippen LogP contribution < -0.4 is 10.2 Å². The van der Waals surface area contributed by atoms with Crippen molar-refractivity contribution in [3.8, 4) is 6.07 Å². The fraction of sp³-hybridized carbons (Fsp3) is 0.273. The van der Waals surface area contributed by atoms with Crippen LogP contribution >= 0.6 is 11.6 Å². The molecule has 1 aliphatic heterocycles. The largest absolute Gasteiger partial charge is 0.371 e. The highest BCUT2D eigenvalue weighted by Crippen LogP contribution is 2.26. The van der Waals surface area contributed by atoms with Gasteiger partial charge in [0.2, 0.25) is 0 Å². The molecule has 4 nitrogen and oxygen atoms in total. The Morgan fingerprint density at radius 3 is 2.52 bits per heavy atom. The Labute approximate surface area is 165 Å². The summed E-state index contributed by atoms with van der Waals surface area (Å²) in [6.45, 7) is 6.09. The molecular weight excluding hydrogens is 358 g/mol. The van der Waals surface area contributed by atoms with E-state index in [4.69, 9.17) is 11.6 Å². The van der Waals surface area contributed by atoms with Gasteiger partial charge in [0, 0.05) is 29.5 Å². The van der Waals surface area contributed by atoms with Gasteiger partial charge < -0.3 is 10.2 Å². The molecule has 1 amide bonds. The number of nitriles is 1. The van der Waals surface area contributed by atoms with Gasteiger partial charge in [-0.2, -0.15) is 5.26 Å². The number of amides is 1. The van der Waals surface area contributed by atoms with E-state index in [2.05, 4.69) is 23.2 Å². The highest BCUT2D eigenvalue weighted by atomic mass is 35.5. The first-order valence-electron chi connectivity index (χ1n) is 9.03. The van der Waals surface area contributed by atoms with E-state index in [-0.39, 0.29) is 5.57 Å². The molecule has 1 fully saturated rings. The number of aryl methyl sites for hydroxylation is 2. The Kier molecular flexibility index (Phi) is 5.83. The molecule has 0 saturated carbocycles. The SMILES string of the molecule is Cc1cc(Cl)ccc1NC(=O)C(C#N)=Cc1ccc(N2CCCC2)c(C)c1. The highest BCUT2D eigenvalue weighted by molar-refractivity contribution is 6.30.